The smallest absolute Gasteiger partial charge is 0.322 e. The van der Waals surface area contributed by atoms with Crippen LogP contribution >= 0.6 is 0 Å². The Balaban J connectivity index is 1.70. The van der Waals surface area contributed by atoms with Gasteiger partial charge in [0.1, 0.15) is 5.82 Å². The number of carbonyl (C=O) groups is 1. The van der Waals surface area contributed by atoms with Crippen LogP contribution in [0.4, 0.5) is 10.4 Å². The summed E-state index contributed by atoms with van der Waals surface area (Å²) in [7, 11) is 0. The summed E-state index contributed by atoms with van der Waals surface area (Å²) in [5.74, 6) is -0.504. The molecule has 7 heteroatoms. The number of halogens is 1. The Bertz CT molecular complexity index is 622. The van der Waals surface area contributed by atoms with Crippen molar-refractivity contribution in [1.29, 1.82) is 0 Å². The average molecular weight is 276 g/mol. The van der Waals surface area contributed by atoms with Crippen molar-refractivity contribution in [1.82, 2.24) is 15.5 Å². The highest BCUT2D eigenvalue weighted by Gasteiger charge is 2.22. The molecule has 6 nitrogen and oxygen atoms in total. The van der Waals surface area contributed by atoms with Crippen molar-refractivity contribution in [3.63, 3.8) is 0 Å². The Hall–Kier alpha value is -2.28. The number of amides is 1. The van der Waals surface area contributed by atoms with Crippen molar-refractivity contribution in [2.45, 2.75) is 18.9 Å². The van der Waals surface area contributed by atoms with Gasteiger partial charge in [-0.15, -0.1) is 5.10 Å². The molecule has 1 unspecified atom stereocenters. The molecule has 0 radical (unpaired) electrons. The van der Waals surface area contributed by atoms with E-state index in [0.29, 0.717) is 5.89 Å². The SMILES string of the molecule is O=C(Nc1nnc(C2CCCN2)o1)c1cccc(F)c1. The number of anilines is 1. The van der Waals surface area contributed by atoms with E-state index in [-0.39, 0.29) is 17.6 Å². The Morgan fingerprint density at radius 1 is 1.45 bits per heavy atom. The van der Waals surface area contributed by atoms with Crippen LogP contribution in [0.25, 0.3) is 0 Å². The average Bonchev–Trinajstić information content (AvgIpc) is 3.08. The predicted molar refractivity (Wildman–Crippen MR) is 68.6 cm³/mol. The minimum absolute atomic E-state index is 0.0166. The normalized spacial score (nSPS) is 18.1. The van der Waals surface area contributed by atoms with Gasteiger partial charge in [0.2, 0.25) is 5.89 Å². The van der Waals surface area contributed by atoms with Gasteiger partial charge in [-0.3, -0.25) is 10.1 Å². The zero-order chi connectivity index (χ0) is 13.9. The van der Waals surface area contributed by atoms with Crippen LogP contribution in [0, 0.1) is 5.82 Å². The first-order chi connectivity index (χ1) is 9.72. The Labute approximate surface area is 114 Å². The van der Waals surface area contributed by atoms with Crippen molar-refractivity contribution in [2.24, 2.45) is 0 Å². The van der Waals surface area contributed by atoms with Crippen LogP contribution in [0.2, 0.25) is 0 Å². The second-order valence-electron chi connectivity index (χ2n) is 4.56. The van der Waals surface area contributed by atoms with E-state index in [2.05, 4.69) is 20.8 Å². The van der Waals surface area contributed by atoms with Crippen molar-refractivity contribution < 1.29 is 13.6 Å². The third-order valence-electron chi connectivity index (χ3n) is 3.11. The molecule has 0 saturated carbocycles. The molecule has 1 fully saturated rings. The summed E-state index contributed by atoms with van der Waals surface area (Å²) in [6, 6.07) is 5.45. The van der Waals surface area contributed by atoms with E-state index in [1.807, 2.05) is 0 Å². The summed E-state index contributed by atoms with van der Waals surface area (Å²) in [6.45, 7) is 0.915. The molecule has 1 aliphatic heterocycles. The van der Waals surface area contributed by atoms with Gasteiger partial charge in [0, 0.05) is 5.56 Å². The molecule has 0 spiro atoms. The Kier molecular flexibility index (Phi) is 3.42. The van der Waals surface area contributed by atoms with Gasteiger partial charge in [-0.25, -0.2) is 4.39 Å². The molecule has 2 N–H and O–H groups in total. The van der Waals surface area contributed by atoms with E-state index in [4.69, 9.17) is 4.42 Å². The number of hydrogen-bond donors (Lipinski definition) is 2. The van der Waals surface area contributed by atoms with Crippen molar-refractivity contribution in [3.05, 3.63) is 41.5 Å². The fourth-order valence-corrected chi connectivity index (χ4v) is 2.12. The fraction of sp³-hybridized carbons (Fsp3) is 0.308. The zero-order valence-electron chi connectivity index (χ0n) is 10.6. The number of nitrogens with one attached hydrogen (secondary N) is 2. The van der Waals surface area contributed by atoms with Gasteiger partial charge in [0.05, 0.1) is 6.04 Å². The minimum atomic E-state index is -0.487. The first-order valence-corrected chi connectivity index (χ1v) is 6.36. The van der Waals surface area contributed by atoms with Crippen molar-refractivity contribution in [2.75, 3.05) is 11.9 Å². The zero-order valence-corrected chi connectivity index (χ0v) is 10.6. The number of aromatic nitrogens is 2. The molecule has 0 aliphatic carbocycles. The molecule has 1 aliphatic rings. The maximum atomic E-state index is 13.0. The second-order valence-corrected chi connectivity index (χ2v) is 4.56. The molecule has 0 bridgehead atoms. The lowest BCUT2D eigenvalue weighted by molar-refractivity contribution is 0.102. The van der Waals surface area contributed by atoms with Crippen LogP contribution in [0.3, 0.4) is 0 Å². The van der Waals surface area contributed by atoms with E-state index in [0.717, 1.165) is 25.5 Å². The van der Waals surface area contributed by atoms with E-state index < -0.39 is 11.7 Å². The van der Waals surface area contributed by atoms with Crippen LogP contribution in [-0.2, 0) is 0 Å². The Morgan fingerprint density at radius 3 is 3.10 bits per heavy atom. The van der Waals surface area contributed by atoms with Gasteiger partial charge in [0.15, 0.2) is 0 Å². The third-order valence-corrected chi connectivity index (χ3v) is 3.11. The van der Waals surface area contributed by atoms with E-state index >= 15 is 0 Å². The highest BCUT2D eigenvalue weighted by atomic mass is 19.1. The third kappa shape index (κ3) is 2.67. The molecule has 1 saturated heterocycles. The van der Waals surface area contributed by atoms with E-state index in [1.165, 1.54) is 18.2 Å². The summed E-state index contributed by atoms with van der Waals surface area (Å²) in [5, 5.41) is 13.3. The predicted octanol–water partition coefficient (Wildman–Crippen LogP) is 1.89. The highest BCUT2D eigenvalue weighted by Crippen LogP contribution is 2.22. The molecule has 1 aromatic carbocycles. The molecule has 1 amide bonds. The summed E-state index contributed by atoms with van der Waals surface area (Å²) in [4.78, 5) is 11.9. The first-order valence-electron chi connectivity index (χ1n) is 6.36. The number of rotatable bonds is 3. The topological polar surface area (TPSA) is 80.0 Å². The first kappa shape index (κ1) is 12.7. The minimum Gasteiger partial charge on any atom is -0.406 e. The lowest BCUT2D eigenvalue weighted by Crippen LogP contribution is -2.13. The maximum Gasteiger partial charge on any atom is 0.322 e. The van der Waals surface area contributed by atoms with Gasteiger partial charge < -0.3 is 9.73 Å². The molecular formula is C13H13FN4O2. The quantitative estimate of drug-likeness (QED) is 0.894. The van der Waals surface area contributed by atoms with Crippen molar-refractivity contribution in [3.8, 4) is 0 Å². The molecule has 1 atom stereocenters. The van der Waals surface area contributed by atoms with E-state index in [1.54, 1.807) is 0 Å². The lowest BCUT2D eigenvalue weighted by atomic mass is 10.2. The van der Waals surface area contributed by atoms with Crippen LogP contribution in [0.1, 0.15) is 35.1 Å². The largest absolute Gasteiger partial charge is 0.406 e. The van der Waals surface area contributed by atoms with Crippen LogP contribution in [-0.4, -0.2) is 22.6 Å². The molecule has 20 heavy (non-hydrogen) atoms. The molecular weight excluding hydrogens is 263 g/mol. The number of nitrogens with zero attached hydrogens (tertiary/aromatic N) is 2. The summed E-state index contributed by atoms with van der Waals surface area (Å²) in [6.07, 6.45) is 1.98. The van der Waals surface area contributed by atoms with Gasteiger partial charge in [0.25, 0.3) is 5.91 Å². The van der Waals surface area contributed by atoms with Crippen LogP contribution in [0.15, 0.2) is 28.7 Å². The standard InChI is InChI=1S/C13H13FN4O2/c14-9-4-1-3-8(7-9)11(19)16-13-18-17-12(20-13)10-5-2-6-15-10/h1,3-4,7,10,15H,2,5-6H2,(H,16,18,19). The van der Waals surface area contributed by atoms with Gasteiger partial charge in [-0.2, -0.15) is 0 Å². The highest BCUT2D eigenvalue weighted by molar-refractivity contribution is 6.03. The molecule has 3 rings (SSSR count). The number of hydrogen-bond acceptors (Lipinski definition) is 5. The maximum absolute atomic E-state index is 13.0. The van der Waals surface area contributed by atoms with Gasteiger partial charge >= 0.3 is 6.01 Å². The molecule has 2 heterocycles. The molecule has 1 aromatic heterocycles. The van der Waals surface area contributed by atoms with Gasteiger partial charge in [-0.05, 0) is 37.6 Å². The summed E-state index contributed by atoms with van der Waals surface area (Å²) in [5.41, 5.74) is 0.198. The molecule has 2 aromatic rings. The lowest BCUT2D eigenvalue weighted by Gasteiger charge is -2.03. The number of benzene rings is 1. The van der Waals surface area contributed by atoms with Crippen LogP contribution in [0.5, 0.6) is 0 Å². The number of carbonyl (C=O) groups excluding carboxylic acids is 1. The summed E-state index contributed by atoms with van der Waals surface area (Å²) < 4.78 is 18.4. The van der Waals surface area contributed by atoms with Gasteiger partial charge in [-0.1, -0.05) is 11.2 Å². The fourth-order valence-electron chi connectivity index (χ4n) is 2.12. The van der Waals surface area contributed by atoms with Crippen molar-refractivity contribution >= 4 is 11.9 Å². The second kappa shape index (κ2) is 5.38. The van der Waals surface area contributed by atoms with E-state index in [9.17, 15) is 9.18 Å². The van der Waals surface area contributed by atoms with Crippen LogP contribution < -0.4 is 10.6 Å². The summed E-state index contributed by atoms with van der Waals surface area (Å²) >= 11 is 0. The monoisotopic (exact) mass is 276 g/mol. The molecule has 104 valence electrons. The Morgan fingerprint density at radius 2 is 2.35 bits per heavy atom.